The van der Waals surface area contributed by atoms with Gasteiger partial charge in [-0.2, -0.15) is 0 Å². The summed E-state index contributed by atoms with van der Waals surface area (Å²) in [6.07, 6.45) is 4.43. The summed E-state index contributed by atoms with van der Waals surface area (Å²) in [7, 11) is 1.66. The summed E-state index contributed by atoms with van der Waals surface area (Å²) >= 11 is 0. The molecule has 0 bridgehead atoms. The van der Waals surface area contributed by atoms with Gasteiger partial charge in [0.1, 0.15) is 0 Å². The minimum atomic E-state index is -0.441. The Kier molecular flexibility index (Phi) is 6.35. The number of carbonyl (C=O) groups is 2. The molecule has 0 N–H and O–H groups in total. The number of esters is 1. The van der Waals surface area contributed by atoms with E-state index < -0.39 is 5.97 Å². The topological polar surface area (TPSA) is 57.5 Å². The Morgan fingerprint density at radius 3 is 2.54 bits per heavy atom. The van der Waals surface area contributed by atoms with E-state index >= 15 is 0 Å². The lowest BCUT2D eigenvalue weighted by atomic mass is 9.90. The van der Waals surface area contributed by atoms with E-state index in [1.54, 1.807) is 13.2 Å². The van der Waals surface area contributed by atoms with Crippen LogP contribution in [-0.4, -0.2) is 36.6 Å². The second-order valence-corrected chi connectivity index (χ2v) is 7.65. The van der Waals surface area contributed by atoms with E-state index in [2.05, 4.69) is 4.57 Å². The summed E-state index contributed by atoms with van der Waals surface area (Å²) in [5.74, 6) is -0.626. The molecule has 5 heteroatoms. The number of aromatic nitrogens is 1. The molecule has 0 fully saturated rings. The van der Waals surface area contributed by atoms with Gasteiger partial charge < -0.3 is 14.0 Å². The Hall–Kier alpha value is -2.40. The molecule has 0 amide bonds. The lowest BCUT2D eigenvalue weighted by Gasteiger charge is -2.17. The van der Waals surface area contributed by atoms with Crippen LogP contribution in [0.1, 0.15) is 69.0 Å². The largest absolute Gasteiger partial charge is 0.454 e. The van der Waals surface area contributed by atoms with E-state index in [0.29, 0.717) is 17.7 Å². The normalized spacial score (nSPS) is 14.4. The van der Waals surface area contributed by atoms with Crippen molar-refractivity contribution in [2.45, 2.75) is 52.5 Å². The number of ether oxygens (including phenoxy) is 2. The molecule has 1 aromatic heterocycles. The van der Waals surface area contributed by atoms with Crippen molar-refractivity contribution in [1.82, 2.24) is 4.57 Å². The van der Waals surface area contributed by atoms with Crippen LogP contribution in [0.5, 0.6) is 0 Å². The molecule has 1 aliphatic carbocycles. The number of rotatable bonds is 7. The number of ketones is 1. The van der Waals surface area contributed by atoms with Crippen molar-refractivity contribution in [2.75, 3.05) is 20.3 Å². The number of hydrogen-bond acceptors (Lipinski definition) is 4. The van der Waals surface area contributed by atoms with E-state index in [4.69, 9.17) is 9.47 Å². The predicted octanol–water partition coefficient (Wildman–Crippen LogP) is 4.23. The minimum Gasteiger partial charge on any atom is -0.454 e. The number of benzene rings is 1. The summed E-state index contributed by atoms with van der Waals surface area (Å²) in [4.78, 5) is 25.1. The van der Waals surface area contributed by atoms with Gasteiger partial charge in [0.2, 0.25) is 5.78 Å². The zero-order valence-corrected chi connectivity index (χ0v) is 17.2. The van der Waals surface area contributed by atoms with Gasteiger partial charge in [-0.15, -0.1) is 0 Å². The molecule has 28 heavy (non-hydrogen) atoms. The van der Waals surface area contributed by atoms with Gasteiger partial charge in [0.15, 0.2) is 6.61 Å². The van der Waals surface area contributed by atoms with Crippen molar-refractivity contribution in [2.24, 2.45) is 0 Å². The first-order valence-corrected chi connectivity index (χ1v) is 9.92. The van der Waals surface area contributed by atoms with E-state index in [1.165, 1.54) is 17.5 Å². The van der Waals surface area contributed by atoms with Gasteiger partial charge in [-0.25, -0.2) is 4.79 Å². The standard InChI is InChI=1S/C23H29NO4/c1-15-11-21(17(3)24(15)16(2)13-27-4)22(25)14-28-23(26)20-10-9-18-7-5-6-8-19(18)12-20/h9-12,16H,5-8,13-14H2,1-4H3/t16-/m0/s1. The number of hydrogen-bond donors (Lipinski definition) is 0. The van der Waals surface area contributed by atoms with E-state index in [9.17, 15) is 9.59 Å². The van der Waals surface area contributed by atoms with Crippen LogP contribution in [0.3, 0.4) is 0 Å². The average molecular weight is 383 g/mol. The van der Waals surface area contributed by atoms with Gasteiger partial charge in [0.25, 0.3) is 0 Å². The SMILES string of the molecule is COC[C@H](C)n1c(C)cc(C(=O)COC(=O)c2ccc3c(c2)CCCC3)c1C. The van der Waals surface area contributed by atoms with Crippen molar-refractivity contribution in [3.63, 3.8) is 0 Å². The molecule has 5 nitrogen and oxygen atoms in total. The fourth-order valence-electron chi connectivity index (χ4n) is 4.21. The Bertz CT molecular complexity index is 881. The maximum absolute atomic E-state index is 12.7. The highest BCUT2D eigenvalue weighted by molar-refractivity contribution is 6.00. The fourth-order valence-corrected chi connectivity index (χ4v) is 4.21. The van der Waals surface area contributed by atoms with Crippen LogP contribution in [0.15, 0.2) is 24.3 Å². The zero-order valence-electron chi connectivity index (χ0n) is 17.2. The zero-order chi connectivity index (χ0) is 20.3. The van der Waals surface area contributed by atoms with Crippen LogP contribution < -0.4 is 0 Å². The highest BCUT2D eigenvalue weighted by Crippen LogP contribution is 2.23. The number of fused-ring (bicyclic) bond motifs is 1. The van der Waals surface area contributed by atoms with Crippen LogP contribution in [-0.2, 0) is 22.3 Å². The maximum Gasteiger partial charge on any atom is 0.338 e. The summed E-state index contributed by atoms with van der Waals surface area (Å²) < 4.78 is 12.6. The second kappa shape index (κ2) is 8.74. The first kappa shape index (κ1) is 20.3. The van der Waals surface area contributed by atoms with Gasteiger partial charge in [-0.1, -0.05) is 6.07 Å². The molecule has 1 heterocycles. The van der Waals surface area contributed by atoms with Crippen molar-refractivity contribution < 1.29 is 19.1 Å². The number of nitrogens with zero attached hydrogens (tertiary/aromatic N) is 1. The Labute approximate surface area is 166 Å². The first-order valence-electron chi connectivity index (χ1n) is 9.92. The second-order valence-electron chi connectivity index (χ2n) is 7.65. The smallest absolute Gasteiger partial charge is 0.338 e. The number of Topliss-reactive ketones (excluding diaryl/α,β-unsaturated/α-hetero) is 1. The lowest BCUT2D eigenvalue weighted by molar-refractivity contribution is 0.0474. The predicted molar refractivity (Wildman–Crippen MR) is 108 cm³/mol. The summed E-state index contributed by atoms with van der Waals surface area (Å²) in [5.41, 5.74) is 5.52. The quantitative estimate of drug-likeness (QED) is 0.530. The summed E-state index contributed by atoms with van der Waals surface area (Å²) in [6, 6.07) is 7.72. The van der Waals surface area contributed by atoms with Crippen molar-refractivity contribution in [3.05, 3.63) is 57.9 Å². The maximum atomic E-state index is 12.7. The van der Waals surface area contributed by atoms with Crippen molar-refractivity contribution in [1.29, 1.82) is 0 Å². The molecule has 1 aromatic carbocycles. The third kappa shape index (κ3) is 4.20. The van der Waals surface area contributed by atoms with E-state index in [1.807, 2.05) is 39.0 Å². The molecule has 0 spiro atoms. The highest BCUT2D eigenvalue weighted by atomic mass is 16.5. The summed E-state index contributed by atoms with van der Waals surface area (Å²) in [5, 5.41) is 0. The Balaban J connectivity index is 1.67. The highest BCUT2D eigenvalue weighted by Gasteiger charge is 2.20. The molecule has 0 radical (unpaired) electrons. The van der Waals surface area contributed by atoms with Crippen LogP contribution in [0.2, 0.25) is 0 Å². The molecule has 3 rings (SSSR count). The number of carbonyl (C=O) groups excluding carboxylic acids is 2. The van der Waals surface area contributed by atoms with E-state index in [-0.39, 0.29) is 18.4 Å². The Morgan fingerprint density at radius 2 is 1.82 bits per heavy atom. The molecule has 150 valence electrons. The fraction of sp³-hybridized carbons (Fsp3) is 0.478. The van der Waals surface area contributed by atoms with Gasteiger partial charge in [-0.3, -0.25) is 4.79 Å². The van der Waals surface area contributed by atoms with E-state index in [0.717, 1.165) is 30.7 Å². The third-order valence-electron chi connectivity index (χ3n) is 5.55. The van der Waals surface area contributed by atoms with Crippen LogP contribution in [0.4, 0.5) is 0 Å². The number of aryl methyl sites for hydroxylation is 3. The molecule has 2 aromatic rings. The minimum absolute atomic E-state index is 0.129. The van der Waals surface area contributed by atoms with Crippen LogP contribution in [0.25, 0.3) is 0 Å². The molecule has 0 saturated heterocycles. The van der Waals surface area contributed by atoms with Crippen LogP contribution >= 0.6 is 0 Å². The third-order valence-corrected chi connectivity index (χ3v) is 5.55. The molecular formula is C23H29NO4. The molecule has 1 atom stereocenters. The number of methoxy groups -OCH3 is 1. The molecule has 0 saturated carbocycles. The average Bonchev–Trinajstić information content (AvgIpc) is 2.99. The van der Waals surface area contributed by atoms with Crippen LogP contribution in [0, 0.1) is 13.8 Å². The van der Waals surface area contributed by atoms with Gasteiger partial charge >= 0.3 is 5.97 Å². The monoisotopic (exact) mass is 383 g/mol. The first-order chi connectivity index (χ1) is 13.4. The molecular weight excluding hydrogens is 354 g/mol. The molecule has 0 unspecified atom stereocenters. The van der Waals surface area contributed by atoms with Gasteiger partial charge in [0, 0.05) is 24.1 Å². The van der Waals surface area contributed by atoms with Crippen molar-refractivity contribution >= 4 is 11.8 Å². The van der Waals surface area contributed by atoms with Gasteiger partial charge in [-0.05, 0) is 75.8 Å². The summed E-state index contributed by atoms with van der Waals surface area (Å²) in [6.45, 7) is 6.25. The van der Waals surface area contributed by atoms with Crippen molar-refractivity contribution in [3.8, 4) is 0 Å². The Morgan fingerprint density at radius 1 is 1.11 bits per heavy atom. The molecule has 0 aliphatic heterocycles. The molecule has 1 aliphatic rings. The van der Waals surface area contributed by atoms with Gasteiger partial charge in [0.05, 0.1) is 18.2 Å². The lowest BCUT2D eigenvalue weighted by Crippen LogP contribution is -2.17.